The van der Waals surface area contributed by atoms with Gasteiger partial charge in [0.25, 0.3) is 0 Å². The van der Waals surface area contributed by atoms with Crippen molar-refractivity contribution in [3.8, 4) is 0 Å². The lowest BCUT2D eigenvalue weighted by Gasteiger charge is -2.41. The van der Waals surface area contributed by atoms with Crippen molar-refractivity contribution >= 4 is 5.97 Å². The van der Waals surface area contributed by atoms with Gasteiger partial charge in [0.15, 0.2) is 0 Å². The summed E-state index contributed by atoms with van der Waals surface area (Å²) in [6.45, 7) is 5.13. The summed E-state index contributed by atoms with van der Waals surface area (Å²) in [5, 5.41) is 12.3. The summed E-state index contributed by atoms with van der Waals surface area (Å²) in [6, 6.07) is -0.445. The molecule has 0 aromatic carbocycles. The normalized spacial score (nSPS) is 24.7. The summed E-state index contributed by atoms with van der Waals surface area (Å²) >= 11 is 0. The van der Waals surface area contributed by atoms with Crippen LogP contribution in [-0.2, 0) is 14.3 Å². The van der Waals surface area contributed by atoms with Crippen molar-refractivity contribution in [2.75, 3.05) is 20.3 Å². The van der Waals surface area contributed by atoms with Gasteiger partial charge < -0.3 is 14.6 Å². The largest absolute Gasteiger partial charge is 0.480 e. The lowest BCUT2D eigenvalue weighted by molar-refractivity contribution is -0.142. The Balaban J connectivity index is 2.58. The minimum atomic E-state index is -0.859. The van der Waals surface area contributed by atoms with Crippen LogP contribution in [0.4, 0.5) is 0 Å². The number of carboxylic acids is 1. The number of aliphatic carboxylic acids is 1. The smallest absolute Gasteiger partial charge is 0.323 e. The van der Waals surface area contributed by atoms with E-state index in [2.05, 4.69) is 19.2 Å². The molecule has 1 aliphatic heterocycles. The standard InChI is InChI=1S/C13H25NO4/c1-4-13(5-2)8-10(6-7-18-13)14-11(9-17-3)12(15)16/h10-11,14H,4-9H2,1-3H3,(H,15,16). The van der Waals surface area contributed by atoms with Gasteiger partial charge in [-0.15, -0.1) is 0 Å². The average molecular weight is 259 g/mol. The zero-order chi connectivity index (χ0) is 13.6. The van der Waals surface area contributed by atoms with Crippen LogP contribution in [0.3, 0.4) is 0 Å². The third kappa shape index (κ3) is 3.93. The first-order valence-electron chi connectivity index (χ1n) is 6.68. The third-order valence-corrected chi connectivity index (χ3v) is 3.85. The topological polar surface area (TPSA) is 67.8 Å². The number of methoxy groups -OCH3 is 1. The first-order chi connectivity index (χ1) is 8.56. The number of ether oxygens (including phenoxy) is 2. The van der Waals surface area contributed by atoms with Crippen molar-refractivity contribution in [3.63, 3.8) is 0 Å². The van der Waals surface area contributed by atoms with Gasteiger partial charge in [0.05, 0.1) is 12.2 Å². The van der Waals surface area contributed by atoms with Crippen LogP contribution in [0.5, 0.6) is 0 Å². The molecule has 0 aromatic heterocycles. The number of hydrogen-bond acceptors (Lipinski definition) is 4. The Morgan fingerprint density at radius 3 is 2.72 bits per heavy atom. The van der Waals surface area contributed by atoms with E-state index in [1.54, 1.807) is 0 Å². The van der Waals surface area contributed by atoms with E-state index in [4.69, 9.17) is 14.6 Å². The minimum Gasteiger partial charge on any atom is -0.480 e. The van der Waals surface area contributed by atoms with Crippen molar-refractivity contribution in [3.05, 3.63) is 0 Å². The molecule has 0 aliphatic carbocycles. The van der Waals surface area contributed by atoms with Gasteiger partial charge in [-0.05, 0) is 25.7 Å². The van der Waals surface area contributed by atoms with Crippen LogP contribution in [0.2, 0.25) is 0 Å². The molecular weight excluding hydrogens is 234 g/mol. The van der Waals surface area contributed by atoms with E-state index in [0.717, 1.165) is 25.7 Å². The van der Waals surface area contributed by atoms with Crippen molar-refractivity contribution in [1.82, 2.24) is 5.32 Å². The molecule has 0 spiro atoms. The molecule has 2 unspecified atom stereocenters. The average Bonchev–Trinajstić information content (AvgIpc) is 2.38. The van der Waals surface area contributed by atoms with E-state index < -0.39 is 12.0 Å². The highest BCUT2D eigenvalue weighted by Gasteiger charge is 2.35. The molecule has 0 aromatic rings. The Labute approximate surface area is 109 Å². The molecule has 1 saturated heterocycles. The summed E-state index contributed by atoms with van der Waals surface area (Å²) in [7, 11) is 1.52. The van der Waals surface area contributed by atoms with Gasteiger partial charge >= 0.3 is 5.97 Å². The van der Waals surface area contributed by atoms with Crippen LogP contribution in [0.1, 0.15) is 39.5 Å². The fourth-order valence-corrected chi connectivity index (χ4v) is 2.55. The van der Waals surface area contributed by atoms with Gasteiger partial charge in [-0.2, -0.15) is 0 Å². The van der Waals surface area contributed by atoms with Gasteiger partial charge in [-0.25, -0.2) is 0 Å². The molecule has 1 rings (SSSR count). The number of carboxylic acid groups (broad SMARTS) is 1. The molecule has 18 heavy (non-hydrogen) atoms. The van der Waals surface area contributed by atoms with Crippen molar-refractivity contribution in [2.45, 2.75) is 57.2 Å². The molecule has 1 aliphatic rings. The zero-order valence-corrected chi connectivity index (χ0v) is 11.6. The van der Waals surface area contributed by atoms with Gasteiger partial charge in [0.1, 0.15) is 6.04 Å². The fraction of sp³-hybridized carbons (Fsp3) is 0.923. The first kappa shape index (κ1) is 15.4. The van der Waals surface area contributed by atoms with E-state index in [0.29, 0.717) is 6.61 Å². The van der Waals surface area contributed by atoms with E-state index in [9.17, 15) is 4.79 Å². The Hall–Kier alpha value is -0.650. The van der Waals surface area contributed by atoms with E-state index in [-0.39, 0.29) is 18.2 Å². The number of nitrogens with one attached hydrogen (secondary N) is 1. The van der Waals surface area contributed by atoms with Gasteiger partial charge in [-0.1, -0.05) is 13.8 Å². The molecule has 2 N–H and O–H groups in total. The summed E-state index contributed by atoms with van der Waals surface area (Å²) in [5.74, 6) is -0.859. The highest BCUT2D eigenvalue weighted by molar-refractivity contribution is 5.73. The van der Waals surface area contributed by atoms with Crippen LogP contribution in [0.25, 0.3) is 0 Å². The van der Waals surface area contributed by atoms with Crippen LogP contribution < -0.4 is 5.32 Å². The summed E-state index contributed by atoms with van der Waals surface area (Å²) in [4.78, 5) is 11.1. The molecule has 0 saturated carbocycles. The molecule has 5 nitrogen and oxygen atoms in total. The Morgan fingerprint density at radius 2 is 2.22 bits per heavy atom. The quantitative estimate of drug-likeness (QED) is 0.723. The maximum Gasteiger partial charge on any atom is 0.323 e. The lowest BCUT2D eigenvalue weighted by atomic mass is 9.85. The van der Waals surface area contributed by atoms with Crippen LogP contribution in [0, 0.1) is 0 Å². The zero-order valence-electron chi connectivity index (χ0n) is 11.6. The van der Waals surface area contributed by atoms with E-state index in [1.807, 2.05) is 0 Å². The highest BCUT2D eigenvalue weighted by atomic mass is 16.5. The Bertz CT molecular complexity index is 266. The Morgan fingerprint density at radius 1 is 1.56 bits per heavy atom. The second kappa shape index (κ2) is 7.07. The van der Waals surface area contributed by atoms with Gasteiger partial charge in [0.2, 0.25) is 0 Å². The summed E-state index contributed by atoms with van der Waals surface area (Å²) in [6.07, 6.45) is 3.65. The maximum absolute atomic E-state index is 11.1. The van der Waals surface area contributed by atoms with Gasteiger partial charge in [-0.3, -0.25) is 10.1 Å². The molecule has 106 valence electrons. The summed E-state index contributed by atoms with van der Waals surface area (Å²) < 4.78 is 10.8. The molecule has 0 radical (unpaired) electrons. The lowest BCUT2D eigenvalue weighted by Crippen LogP contribution is -2.52. The molecular formula is C13H25NO4. The van der Waals surface area contributed by atoms with Crippen molar-refractivity contribution in [1.29, 1.82) is 0 Å². The second-order valence-electron chi connectivity index (χ2n) is 4.94. The van der Waals surface area contributed by atoms with E-state index >= 15 is 0 Å². The first-order valence-corrected chi connectivity index (χ1v) is 6.68. The van der Waals surface area contributed by atoms with Gasteiger partial charge in [0, 0.05) is 19.8 Å². The molecule has 2 atom stereocenters. The molecule has 5 heteroatoms. The van der Waals surface area contributed by atoms with E-state index in [1.165, 1.54) is 7.11 Å². The molecule has 1 heterocycles. The number of carbonyl (C=O) groups is 1. The highest BCUT2D eigenvalue weighted by Crippen LogP contribution is 2.31. The van der Waals surface area contributed by atoms with Crippen molar-refractivity contribution in [2.24, 2.45) is 0 Å². The monoisotopic (exact) mass is 259 g/mol. The molecule has 0 amide bonds. The fourth-order valence-electron chi connectivity index (χ4n) is 2.55. The Kier molecular flexibility index (Phi) is 6.05. The van der Waals surface area contributed by atoms with Crippen LogP contribution in [0.15, 0.2) is 0 Å². The van der Waals surface area contributed by atoms with Crippen LogP contribution >= 0.6 is 0 Å². The summed E-state index contributed by atoms with van der Waals surface area (Å²) in [5.41, 5.74) is -0.0912. The number of hydrogen-bond donors (Lipinski definition) is 2. The van der Waals surface area contributed by atoms with Crippen LogP contribution in [-0.4, -0.2) is 49.1 Å². The number of rotatable bonds is 7. The third-order valence-electron chi connectivity index (χ3n) is 3.85. The second-order valence-corrected chi connectivity index (χ2v) is 4.94. The molecule has 1 fully saturated rings. The predicted molar refractivity (Wildman–Crippen MR) is 68.7 cm³/mol. The maximum atomic E-state index is 11.1. The SMILES string of the molecule is CCC1(CC)CC(NC(COC)C(=O)O)CCO1. The minimum absolute atomic E-state index is 0.0912. The predicted octanol–water partition coefficient (Wildman–Crippen LogP) is 1.41. The molecule has 0 bridgehead atoms. The van der Waals surface area contributed by atoms with Crippen molar-refractivity contribution < 1.29 is 19.4 Å².